The van der Waals surface area contributed by atoms with Crippen LogP contribution in [0.15, 0.2) is 18.2 Å². The summed E-state index contributed by atoms with van der Waals surface area (Å²) in [5.74, 6) is 3.55. The number of rotatable bonds is 3. The van der Waals surface area contributed by atoms with Crippen LogP contribution in [-0.2, 0) is 16.0 Å². The molecule has 0 unspecified atom stereocenters. The van der Waals surface area contributed by atoms with Crippen LogP contribution in [0.2, 0.25) is 0 Å². The summed E-state index contributed by atoms with van der Waals surface area (Å²) in [7, 11) is 0. The predicted molar refractivity (Wildman–Crippen MR) is 78.9 cm³/mol. The Kier molecular flexibility index (Phi) is 5.93. The second kappa shape index (κ2) is 7.46. The van der Waals surface area contributed by atoms with Crippen molar-refractivity contribution in [3.05, 3.63) is 35.1 Å². The molecule has 1 aromatic carbocycles. The second-order valence-corrected chi connectivity index (χ2v) is 5.54. The fourth-order valence-corrected chi connectivity index (χ4v) is 1.51. The van der Waals surface area contributed by atoms with Crippen LogP contribution in [0, 0.1) is 17.7 Å². The number of hydrogen-bond donors (Lipinski definition) is 2. The first-order valence-electron chi connectivity index (χ1n) is 6.63. The molecule has 0 saturated carbocycles. The van der Waals surface area contributed by atoms with Gasteiger partial charge in [0.1, 0.15) is 11.4 Å². The Bertz CT molecular complexity index is 623. The smallest absolute Gasteiger partial charge is 0.408 e. The topological polar surface area (TPSA) is 75.6 Å². The lowest BCUT2D eigenvalue weighted by atomic mass is 10.1. The molecule has 1 amide bonds. The summed E-state index contributed by atoms with van der Waals surface area (Å²) in [4.78, 5) is 21.9. The highest BCUT2D eigenvalue weighted by Crippen LogP contribution is 2.10. The molecule has 5 nitrogen and oxygen atoms in total. The Morgan fingerprint density at radius 1 is 1.36 bits per heavy atom. The first-order chi connectivity index (χ1) is 10.2. The number of carbonyl (C=O) groups is 2. The highest BCUT2D eigenvalue weighted by Gasteiger charge is 2.15. The predicted octanol–water partition coefficient (Wildman–Crippen LogP) is 2.33. The SMILES string of the molecule is CC(C)(C)OC(=O)NCC#Cc1ccc(CC(=O)O)cc1F. The molecule has 0 aliphatic carbocycles. The van der Waals surface area contributed by atoms with Crippen LogP contribution < -0.4 is 5.32 Å². The van der Waals surface area contributed by atoms with E-state index in [2.05, 4.69) is 17.2 Å². The van der Waals surface area contributed by atoms with E-state index < -0.39 is 23.5 Å². The molecule has 0 aliphatic heterocycles. The van der Waals surface area contributed by atoms with E-state index in [9.17, 15) is 14.0 Å². The summed E-state index contributed by atoms with van der Waals surface area (Å²) >= 11 is 0. The van der Waals surface area contributed by atoms with Crippen LogP contribution >= 0.6 is 0 Å². The fraction of sp³-hybridized carbons (Fsp3) is 0.375. The van der Waals surface area contributed by atoms with E-state index in [0.29, 0.717) is 5.56 Å². The minimum absolute atomic E-state index is 0.0191. The number of alkyl carbamates (subject to hydrolysis) is 1. The van der Waals surface area contributed by atoms with Gasteiger partial charge in [0.15, 0.2) is 0 Å². The van der Waals surface area contributed by atoms with E-state index in [1.54, 1.807) is 20.8 Å². The third kappa shape index (κ3) is 6.75. The second-order valence-electron chi connectivity index (χ2n) is 5.54. The molecule has 0 fully saturated rings. The maximum Gasteiger partial charge on any atom is 0.408 e. The normalized spacial score (nSPS) is 10.4. The number of ether oxygens (including phenoxy) is 1. The summed E-state index contributed by atoms with van der Waals surface area (Å²) in [6.45, 7) is 5.25. The molecule has 6 heteroatoms. The van der Waals surface area contributed by atoms with Gasteiger partial charge in [0.25, 0.3) is 0 Å². The molecule has 2 N–H and O–H groups in total. The Morgan fingerprint density at radius 3 is 2.59 bits per heavy atom. The quantitative estimate of drug-likeness (QED) is 0.840. The first kappa shape index (κ1) is 17.5. The van der Waals surface area contributed by atoms with Crippen molar-refractivity contribution in [3.63, 3.8) is 0 Å². The van der Waals surface area contributed by atoms with Crippen LogP contribution in [-0.4, -0.2) is 29.3 Å². The monoisotopic (exact) mass is 307 g/mol. The number of carbonyl (C=O) groups excluding carboxylic acids is 1. The molecule has 0 aliphatic rings. The van der Waals surface area contributed by atoms with E-state index in [0.717, 1.165) is 6.07 Å². The van der Waals surface area contributed by atoms with Crippen LogP contribution in [0.4, 0.5) is 9.18 Å². The van der Waals surface area contributed by atoms with Crippen molar-refractivity contribution < 1.29 is 23.8 Å². The van der Waals surface area contributed by atoms with Gasteiger partial charge in [-0.15, -0.1) is 0 Å². The largest absolute Gasteiger partial charge is 0.481 e. The summed E-state index contributed by atoms with van der Waals surface area (Å²) in [5, 5.41) is 11.1. The summed E-state index contributed by atoms with van der Waals surface area (Å²) in [6, 6.07) is 4.05. The average molecular weight is 307 g/mol. The van der Waals surface area contributed by atoms with Crippen molar-refractivity contribution in [3.8, 4) is 11.8 Å². The van der Waals surface area contributed by atoms with Crippen molar-refractivity contribution in [1.29, 1.82) is 0 Å². The van der Waals surface area contributed by atoms with Gasteiger partial charge in [-0.25, -0.2) is 9.18 Å². The number of halogens is 1. The summed E-state index contributed by atoms with van der Waals surface area (Å²) in [5.41, 5.74) is -0.0913. The summed E-state index contributed by atoms with van der Waals surface area (Å²) in [6.07, 6.45) is -0.843. The minimum atomic E-state index is -1.03. The molecular weight excluding hydrogens is 289 g/mol. The van der Waals surface area contributed by atoms with Gasteiger partial charge in [0.05, 0.1) is 18.5 Å². The average Bonchev–Trinajstić information content (AvgIpc) is 2.33. The van der Waals surface area contributed by atoms with Crippen molar-refractivity contribution in [2.75, 3.05) is 6.54 Å². The van der Waals surface area contributed by atoms with Crippen molar-refractivity contribution >= 4 is 12.1 Å². The zero-order chi connectivity index (χ0) is 16.8. The first-order valence-corrected chi connectivity index (χ1v) is 6.63. The third-order valence-electron chi connectivity index (χ3n) is 2.33. The van der Waals surface area contributed by atoms with Crippen LogP contribution in [0.5, 0.6) is 0 Å². The van der Waals surface area contributed by atoms with Crippen LogP contribution in [0.1, 0.15) is 31.9 Å². The van der Waals surface area contributed by atoms with Gasteiger partial charge in [-0.3, -0.25) is 4.79 Å². The lowest BCUT2D eigenvalue weighted by Gasteiger charge is -2.18. The van der Waals surface area contributed by atoms with Gasteiger partial charge in [-0.05, 0) is 38.5 Å². The number of hydrogen-bond acceptors (Lipinski definition) is 3. The molecule has 1 rings (SSSR count). The van der Waals surface area contributed by atoms with E-state index in [1.165, 1.54) is 12.1 Å². The maximum atomic E-state index is 13.7. The Morgan fingerprint density at radius 2 is 2.05 bits per heavy atom. The Balaban J connectivity index is 2.58. The maximum absolute atomic E-state index is 13.7. The molecule has 22 heavy (non-hydrogen) atoms. The van der Waals surface area contributed by atoms with Gasteiger partial charge in [0, 0.05) is 0 Å². The number of benzene rings is 1. The van der Waals surface area contributed by atoms with Gasteiger partial charge < -0.3 is 15.2 Å². The van der Waals surface area contributed by atoms with Crippen molar-refractivity contribution in [2.24, 2.45) is 0 Å². The van der Waals surface area contributed by atoms with E-state index in [1.807, 2.05) is 0 Å². The molecular formula is C16H18FNO4. The van der Waals surface area contributed by atoms with E-state index in [-0.39, 0.29) is 18.5 Å². The summed E-state index contributed by atoms with van der Waals surface area (Å²) < 4.78 is 18.7. The molecule has 0 bridgehead atoms. The number of amides is 1. The molecule has 118 valence electrons. The number of nitrogens with one attached hydrogen (secondary N) is 1. The number of aliphatic carboxylic acids is 1. The lowest BCUT2D eigenvalue weighted by Crippen LogP contribution is -2.32. The standard InChI is InChI=1S/C16H18FNO4/c1-16(2,3)22-15(21)18-8-4-5-12-7-6-11(9-13(12)17)10-14(19)20/h6-7,9H,8,10H2,1-3H3,(H,18,21)(H,19,20). The minimum Gasteiger partial charge on any atom is -0.481 e. The highest BCUT2D eigenvalue weighted by atomic mass is 19.1. The lowest BCUT2D eigenvalue weighted by molar-refractivity contribution is -0.136. The van der Waals surface area contributed by atoms with E-state index >= 15 is 0 Å². The van der Waals surface area contributed by atoms with Crippen molar-refractivity contribution in [1.82, 2.24) is 5.32 Å². The molecule has 0 saturated heterocycles. The molecule has 0 aromatic heterocycles. The zero-order valence-electron chi connectivity index (χ0n) is 12.7. The van der Waals surface area contributed by atoms with Gasteiger partial charge in [-0.2, -0.15) is 0 Å². The fourth-order valence-electron chi connectivity index (χ4n) is 1.51. The third-order valence-corrected chi connectivity index (χ3v) is 2.33. The van der Waals surface area contributed by atoms with Crippen molar-refractivity contribution in [2.45, 2.75) is 32.8 Å². The highest BCUT2D eigenvalue weighted by molar-refractivity contribution is 5.70. The van der Waals surface area contributed by atoms with Gasteiger partial charge >= 0.3 is 12.1 Å². The number of carboxylic acid groups (broad SMARTS) is 1. The molecule has 0 radical (unpaired) electrons. The molecule has 0 heterocycles. The van der Waals surface area contributed by atoms with Crippen LogP contribution in [0.25, 0.3) is 0 Å². The van der Waals surface area contributed by atoms with E-state index in [4.69, 9.17) is 9.84 Å². The molecule has 0 spiro atoms. The Labute approximate surface area is 128 Å². The van der Waals surface area contributed by atoms with Gasteiger partial charge in [-0.1, -0.05) is 17.9 Å². The molecule has 0 atom stereocenters. The Hall–Kier alpha value is -2.55. The van der Waals surface area contributed by atoms with Gasteiger partial charge in [0.2, 0.25) is 0 Å². The van der Waals surface area contributed by atoms with Crippen LogP contribution in [0.3, 0.4) is 0 Å². The zero-order valence-corrected chi connectivity index (χ0v) is 12.7. The number of carboxylic acids is 1. The molecule has 1 aromatic rings.